The fourth-order valence-electron chi connectivity index (χ4n) is 2.05. The monoisotopic (exact) mass is 356 g/mol. The van der Waals surface area contributed by atoms with Gasteiger partial charge in [-0.3, -0.25) is 4.90 Å². The molecule has 1 aromatic rings. The molecule has 0 N–H and O–H groups in total. The highest BCUT2D eigenvalue weighted by Gasteiger charge is 2.25. The topological polar surface area (TPSA) is 32.8 Å². The van der Waals surface area contributed by atoms with Crippen LogP contribution in [0.25, 0.3) is 0 Å². The van der Waals surface area contributed by atoms with Gasteiger partial charge in [-0.15, -0.1) is 0 Å². The van der Waals surface area contributed by atoms with Crippen molar-refractivity contribution in [3.05, 3.63) is 34.3 Å². The summed E-state index contributed by atoms with van der Waals surface area (Å²) in [6.07, 6.45) is -0.335. The molecule has 116 valence electrons. The van der Waals surface area contributed by atoms with Crippen molar-refractivity contribution in [2.24, 2.45) is 0 Å². The van der Waals surface area contributed by atoms with E-state index in [0.717, 1.165) is 4.47 Å². The normalized spacial score (nSPS) is 19.0. The van der Waals surface area contributed by atoms with E-state index < -0.39 is 12.1 Å². The number of carbonyl (C=O) groups excluding carboxylic acids is 1. The van der Waals surface area contributed by atoms with Gasteiger partial charge in [-0.1, -0.05) is 34.1 Å². The summed E-state index contributed by atoms with van der Waals surface area (Å²) >= 11 is 3.42. The number of piperazine rings is 1. The molecule has 5 heteroatoms. The van der Waals surface area contributed by atoms with Gasteiger partial charge in [-0.2, -0.15) is 0 Å². The first-order valence-electron chi connectivity index (χ1n) is 8.09. The molecule has 0 saturated carbocycles. The lowest BCUT2D eigenvalue weighted by molar-refractivity contribution is 0.0139. The zero-order chi connectivity index (χ0) is 17.3. The molecule has 4 nitrogen and oxygen atoms in total. The Labute approximate surface area is 138 Å². The van der Waals surface area contributed by atoms with Crippen LogP contribution in [0.3, 0.4) is 0 Å². The Morgan fingerprint density at radius 3 is 2.48 bits per heavy atom. The quantitative estimate of drug-likeness (QED) is 0.812. The van der Waals surface area contributed by atoms with Crippen LogP contribution in [0.15, 0.2) is 28.7 Å². The molecule has 1 saturated heterocycles. The van der Waals surface area contributed by atoms with Gasteiger partial charge in [0.05, 0.1) is 0 Å². The van der Waals surface area contributed by atoms with Crippen LogP contribution >= 0.6 is 15.9 Å². The van der Waals surface area contributed by atoms with Crippen molar-refractivity contribution in [2.75, 3.05) is 26.2 Å². The molecular weight excluding hydrogens is 332 g/mol. The molecule has 0 radical (unpaired) electrons. The van der Waals surface area contributed by atoms with Crippen molar-refractivity contribution in [1.29, 1.82) is 0 Å². The lowest BCUT2D eigenvalue weighted by Gasteiger charge is -2.35. The third kappa shape index (κ3) is 5.00. The highest BCUT2D eigenvalue weighted by Crippen LogP contribution is 2.19. The lowest BCUT2D eigenvalue weighted by Crippen LogP contribution is -2.49. The molecule has 0 aliphatic carbocycles. The number of benzene rings is 1. The maximum atomic E-state index is 12.1. The molecule has 0 atom stereocenters. The molecule has 0 aromatic heterocycles. The molecule has 1 amide bonds. The summed E-state index contributed by atoms with van der Waals surface area (Å²) in [6.45, 7) is 5.78. The van der Waals surface area contributed by atoms with Crippen molar-refractivity contribution >= 4 is 22.0 Å². The Morgan fingerprint density at radius 2 is 1.90 bits per heavy atom. The van der Waals surface area contributed by atoms with Gasteiger partial charge < -0.3 is 9.64 Å². The smallest absolute Gasteiger partial charge is 0.410 e. The molecule has 1 aliphatic heterocycles. The molecule has 21 heavy (non-hydrogen) atoms. The number of ether oxygens (including phenoxy) is 1. The second-order valence-corrected chi connectivity index (χ2v) is 6.90. The van der Waals surface area contributed by atoms with Crippen LogP contribution in [0, 0.1) is 0 Å². The number of hydrogen-bond acceptors (Lipinski definition) is 3. The third-order valence-electron chi connectivity index (χ3n) is 3.08. The van der Waals surface area contributed by atoms with Crippen molar-refractivity contribution in [2.45, 2.75) is 32.9 Å². The predicted molar refractivity (Wildman–Crippen MR) is 87.2 cm³/mol. The van der Waals surface area contributed by atoms with Crippen LogP contribution in [-0.4, -0.2) is 47.7 Å². The Kier molecular flexibility index (Phi) is 4.39. The van der Waals surface area contributed by atoms with Gasteiger partial charge in [-0.05, 0) is 32.4 Å². The lowest BCUT2D eigenvalue weighted by atomic mass is 10.2. The molecular formula is C16H23BrN2O2. The average molecular weight is 357 g/mol. The fraction of sp³-hybridized carbons (Fsp3) is 0.562. The van der Waals surface area contributed by atoms with Gasteiger partial charge in [-0.25, -0.2) is 4.79 Å². The SMILES string of the molecule is [2H]C([2H])(c1ccccc1Br)N1CCN(C(=O)OC(C)(C)C)CC1. The molecule has 0 bridgehead atoms. The Morgan fingerprint density at radius 1 is 1.29 bits per heavy atom. The highest BCUT2D eigenvalue weighted by atomic mass is 79.9. The Hall–Kier alpha value is -1.07. The molecule has 1 fully saturated rings. The van der Waals surface area contributed by atoms with E-state index in [4.69, 9.17) is 7.48 Å². The van der Waals surface area contributed by atoms with Crippen molar-refractivity contribution in [1.82, 2.24) is 9.80 Å². The molecule has 0 unspecified atom stereocenters. The van der Waals surface area contributed by atoms with Crippen LogP contribution < -0.4 is 0 Å². The maximum Gasteiger partial charge on any atom is 0.410 e. The van der Waals surface area contributed by atoms with E-state index in [9.17, 15) is 4.79 Å². The van der Waals surface area contributed by atoms with Crippen LogP contribution in [0.4, 0.5) is 4.79 Å². The number of carbonyl (C=O) groups is 1. The van der Waals surface area contributed by atoms with Crippen LogP contribution in [0.1, 0.15) is 29.1 Å². The predicted octanol–water partition coefficient (Wildman–Crippen LogP) is 3.50. The summed E-state index contributed by atoms with van der Waals surface area (Å²) in [6, 6.07) is 7.31. The van der Waals surface area contributed by atoms with Crippen LogP contribution in [0.2, 0.25) is 0 Å². The number of nitrogens with zero attached hydrogens (tertiary/aromatic N) is 2. The first-order chi connectivity index (χ1) is 10.6. The molecule has 1 aliphatic rings. The average Bonchev–Trinajstić information content (AvgIpc) is 2.46. The first-order valence-corrected chi connectivity index (χ1v) is 7.88. The van der Waals surface area contributed by atoms with Crippen molar-refractivity contribution in [3.8, 4) is 0 Å². The zero-order valence-corrected chi connectivity index (χ0v) is 14.3. The fourth-order valence-corrected chi connectivity index (χ4v) is 2.42. The van der Waals surface area contributed by atoms with E-state index in [0.29, 0.717) is 31.7 Å². The van der Waals surface area contributed by atoms with Crippen molar-refractivity contribution < 1.29 is 12.3 Å². The summed E-state index contributed by atoms with van der Waals surface area (Å²) in [7, 11) is 0. The molecule has 2 rings (SSSR count). The van der Waals surface area contributed by atoms with Gasteiger partial charge in [0.2, 0.25) is 0 Å². The van der Waals surface area contributed by atoms with E-state index in [2.05, 4.69) is 15.9 Å². The van der Waals surface area contributed by atoms with Crippen molar-refractivity contribution in [3.63, 3.8) is 0 Å². The summed E-state index contributed by atoms with van der Waals surface area (Å²) in [5.41, 5.74) is 0.0864. The number of amides is 1. The van der Waals surface area contributed by atoms with Gasteiger partial charge in [0, 0.05) is 39.9 Å². The summed E-state index contributed by atoms with van der Waals surface area (Å²) in [5.74, 6) is 0. The molecule has 1 heterocycles. The number of hydrogen-bond donors (Lipinski definition) is 0. The van der Waals surface area contributed by atoms with Gasteiger partial charge in [0.15, 0.2) is 0 Å². The summed E-state index contributed by atoms with van der Waals surface area (Å²) < 4.78 is 23.0. The van der Waals surface area contributed by atoms with Gasteiger partial charge >= 0.3 is 6.09 Å². The summed E-state index contributed by atoms with van der Waals surface area (Å²) in [4.78, 5) is 15.5. The third-order valence-corrected chi connectivity index (χ3v) is 3.78. The zero-order valence-electron chi connectivity index (χ0n) is 14.7. The van der Waals surface area contributed by atoms with Gasteiger partial charge in [0.1, 0.15) is 5.60 Å². The molecule has 1 aromatic carbocycles. The van der Waals surface area contributed by atoms with E-state index >= 15 is 0 Å². The van der Waals surface area contributed by atoms with Crippen LogP contribution in [-0.2, 0) is 11.2 Å². The first kappa shape index (κ1) is 13.6. The minimum absolute atomic E-state index is 0.335. The maximum absolute atomic E-state index is 12.1. The minimum Gasteiger partial charge on any atom is -0.444 e. The Balaban J connectivity index is 2.01. The summed E-state index contributed by atoms with van der Waals surface area (Å²) in [5, 5.41) is 0. The largest absolute Gasteiger partial charge is 0.444 e. The van der Waals surface area contributed by atoms with Gasteiger partial charge in [0.25, 0.3) is 0 Å². The highest BCUT2D eigenvalue weighted by molar-refractivity contribution is 9.10. The minimum atomic E-state index is -1.58. The number of halogens is 1. The number of rotatable bonds is 2. The second kappa shape index (κ2) is 6.79. The second-order valence-electron chi connectivity index (χ2n) is 6.05. The van der Waals surface area contributed by atoms with E-state index in [1.807, 2.05) is 39.0 Å². The molecule has 0 spiro atoms. The standard InChI is InChI=1S/C16H23BrN2O2/c1-16(2,3)21-15(20)19-10-8-18(9-11-19)12-13-6-4-5-7-14(13)17/h4-7H,8-12H2,1-3H3/i12D2. The Bertz CT molecular complexity index is 567. The van der Waals surface area contributed by atoms with E-state index in [-0.39, 0.29) is 6.09 Å². The van der Waals surface area contributed by atoms with E-state index in [1.54, 1.807) is 15.9 Å². The van der Waals surface area contributed by atoms with E-state index in [1.165, 1.54) is 0 Å². The van der Waals surface area contributed by atoms with Crippen LogP contribution in [0.5, 0.6) is 0 Å².